The molecule has 2 aliphatic rings. The molecule has 3 rings (SSSR count). The Labute approximate surface area is 154 Å². The first-order valence-corrected chi connectivity index (χ1v) is 10.1. The monoisotopic (exact) mass is 383 g/mol. The van der Waals surface area contributed by atoms with E-state index in [0.717, 1.165) is 18.7 Å². The number of aromatic carboxylic acids is 1. The zero-order valence-electron chi connectivity index (χ0n) is 14.9. The van der Waals surface area contributed by atoms with Crippen molar-refractivity contribution in [2.24, 2.45) is 0 Å². The lowest BCUT2D eigenvalue weighted by atomic mass is 10.2. The average Bonchev–Trinajstić information content (AvgIpc) is 2.63. The van der Waals surface area contributed by atoms with Gasteiger partial charge in [-0.05, 0) is 18.7 Å². The molecule has 2 fully saturated rings. The Morgan fingerprint density at radius 2 is 1.62 bits per heavy atom. The second-order valence-electron chi connectivity index (χ2n) is 6.74. The molecular formula is C16H25N5O4S. The fourth-order valence-electron chi connectivity index (χ4n) is 3.20. The molecule has 9 nitrogen and oxygen atoms in total. The fraction of sp³-hybridized carbons (Fsp3) is 0.625. The van der Waals surface area contributed by atoms with Crippen LogP contribution in [-0.4, -0.2) is 102 Å². The van der Waals surface area contributed by atoms with E-state index in [9.17, 15) is 13.2 Å². The second-order valence-corrected chi connectivity index (χ2v) is 8.67. The van der Waals surface area contributed by atoms with Crippen molar-refractivity contribution in [1.29, 1.82) is 0 Å². The van der Waals surface area contributed by atoms with Crippen LogP contribution in [0.4, 0.5) is 0 Å². The SMILES string of the molecule is CN1CCN(S(=O)(=O)N2CCN(Cc3ccc(C(=O)O)nc3)CC2)CC1. The second kappa shape index (κ2) is 7.97. The Morgan fingerprint density at radius 3 is 2.12 bits per heavy atom. The molecule has 0 unspecified atom stereocenters. The van der Waals surface area contributed by atoms with Gasteiger partial charge in [-0.2, -0.15) is 17.0 Å². The Bertz CT molecular complexity index is 724. The van der Waals surface area contributed by atoms with Gasteiger partial charge in [0.2, 0.25) is 0 Å². The molecule has 26 heavy (non-hydrogen) atoms. The van der Waals surface area contributed by atoms with E-state index in [1.165, 1.54) is 6.07 Å². The number of rotatable bonds is 5. The molecule has 0 amide bonds. The largest absolute Gasteiger partial charge is 0.477 e. The molecule has 10 heteroatoms. The first kappa shape index (κ1) is 19.2. The predicted octanol–water partition coefficient (Wildman–Crippen LogP) is -0.610. The van der Waals surface area contributed by atoms with E-state index in [-0.39, 0.29) is 5.69 Å². The molecule has 2 saturated heterocycles. The van der Waals surface area contributed by atoms with E-state index >= 15 is 0 Å². The van der Waals surface area contributed by atoms with Gasteiger partial charge in [-0.3, -0.25) is 4.90 Å². The number of hydrogen-bond donors (Lipinski definition) is 1. The summed E-state index contributed by atoms with van der Waals surface area (Å²) in [7, 11) is -1.38. The van der Waals surface area contributed by atoms with Crippen LogP contribution in [0.5, 0.6) is 0 Å². The Morgan fingerprint density at radius 1 is 1.04 bits per heavy atom. The average molecular weight is 383 g/mol. The van der Waals surface area contributed by atoms with Gasteiger partial charge in [-0.1, -0.05) is 6.07 Å². The minimum absolute atomic E-state index is 0.0249. The summed E-state index contributed by atoms with van der Waals surface area (Å²) in [5.74, 6) is -1.04. The third-order valence-electron chi connectivity index (χ3n) is 4.90. The van der Waals surface area contributed by atoms with Gasteiger partial charge in [0.05, 0.1) is 0 Å². The molecule has 1 N–H and O–H groups in total. The first-order chi connectivity index (χ1) is 12.4. The van der Waals surface area contributed by atoms with Crippen molar-refractivity contribution in [3.05, 3.63) is 29.6 Å². The van der Waals surface area contributed by atoms with Gasteiger partial charge in [0, 0.05) is 65.1 Å². The Kier molecular flexibility index (Phi) is 5.88. The lowest BCUT2D eigenvalue weighted by Crippen LogP contribution is -2.56. The molecule has 0 spiro atoms. The first-order valence-electron chi connectivity index (χ1n) is 8.70. The number of likely N-dealkylation sites (N-methyl/N-ethyl adjacent to an activating group) is 1. The summed E-state index contributed by atoms with van der Waals surface area (Å²) < 4.78 is 28.7. The van der Waals surface area contributed by atoms with Gasteiger partial charge in [0.1, 0.15) is 5.69 Å². The summed E-state index contributed by atoms with van der Waals surface area (Å²) in [5.41, 5.74) is 0.946. The minimum atomic E-state index is -3.38. The van der Waals surface area contributed by atoms with Crippen molar-refractivity contribution in [3.63, 3.8) is 0 Å². The van der Waals surface area contributed by atoms with Gasteiger partial charge in [-0.15, -0.1) is 0 Å². The van der Waals surface area contributed by atoms with Crippen molar-refractivity contribution in [2.45, 2.75) is 6.54 Å². The molecule has 3 heterocycles. The number of aromatic nitrogens is 1. The molecule has 0 aromatic carbocycles. The maximum absolute atomic E-state index is 12.8. The quantitative estimate of drug-likeness (QED) is 0.724. The van der Waals surface area contributed by atoms with E-state index in [1.807, 2.05) is 7.05 Å². The van der Waals surface area contributed by atoms with Crippen molar-refractivity contribution < 1.29 is 18.3 Å². The standard InChI is InChI=1S/C16H25N5O4S/c1-18-4-8-20(9-5-18)26(24,25)21-10-6-19(7-11-21)13-14-2-3-15(16(22)23)17-12-14/h2-3,12H,4-11,13H2,1H3,(H,22,23). The Balaban J connectivity index is 1.53. The molecule has 0 radical (unpaired) electrons. The fourth-order valence-corrected chi connectivity index (χ4v) is 4.78. The third-order valence-corrected chi connectivity index (χ3v) is 6.93. The van der Waals surface area contributed by atoms with Crippen LogP contribution in [-0.2, 0) is 16.8 Å². The number of carboxylic acid groups (broad SMARTS) is 1. The van der Waals surface area contributed by atoms with Crippen LogP contribution in [0.3, 0.4) is 0 Å². The maximum Gasteiger partial charge on any atom is 0.354 e. The van der Waals surface area contributed by atoms with E-state index in [4.69, 9.17) is 5.11 Å². The molecule has 2 aliphatic heterocycles. The molecule has 144 valence electrons. The highest BCUT2D eigenvalue weighted by Gasteiger charge is 2.33. The summed E-state index contributed by atoms with van der Waals surface area (Å²) >= 11 is 0. The van der Waals surface area contributed by atoms with Gasteiger partial charge >= 0.3 is 5.97 Å². The summed E-state index contributed by atoms with van der Waals surface area (Å²) in [6.45, 7) is 5.47. The van der Waals surface area contributed by atoms with Gasteiger partial charge < -0.3 is 10.0 Å². The molecule has 1 aromatic heterocycles. The number of carboxylic acids is 1. The summed E-state index contributed by atoms with van der Waals surface area (Å²) in [4.78, 5) is 19.1. The van der Waals surface area contributed by atoms with Crippen molar-refractivity contribution in [2.75, 3.05) is 59.4 Å². The smallest absolute Gasteiger partial charge is 0.354 e. The molecular weight excluding hydrogens is 358 g/mol. The normalized spacial score (nSPS) is 21.7. The predicted molar refractivity (Wildman–Crippen MR) is 96.0 cm³/mol. The number of hydrogen-bond acceptors (Lipinski definition) is 6. The van der Waals surface area contributed by atoms with E-state index in [0.29, 0.717) is 45.8 Å². The van der Waals surface area contributed by atoms with Crippen molar-refractivity contribution >= 4 is 16.2 Å². The van der Waals surface area contributed by atoms with Crippen molar-refractivity contribution in [1.82, 2.24) is 23.4 Å². The number of carbonyl (C=O) groups is 1. The van der Waals surface area contributed by atoms with Gasteiger partial charge in [0.15, 0.2) is 0 Å². The Hall–Kier alpha value is -1.59. The van der Waals surface area contributed by atoms with E-state index in [2.05, 4.69) is 14.8 Å². The molecule has 0 aliphatic carbocycles. The zero-order chi connectivity index (χ0) is 18.7. The highest BCUT2D eigenvalue weighted by Crippen LogP contribution is 2.16. The lowest BCUT2D eigenvalue weighted by Gasteiger charge is -2.39. The summed E-state index contributed by atoms with van der Waals surface area (Å²) in [5, 5.41) is 8.88. The highest BCUT2D eigenvalue weighted by atomic mass is 32.2. The third kappa shape index (κ3) is 4.38. The molecule has 0 saturated carbocycles. The lowest BCUT2D eigenvalue weighted by molar-refractivity contribution is 0.0690. The van der Waals surface area contributed by atoms with Crippen LogP contribution >= 0.6 is 0 Å². The minimum Gasteiger partial charge on any atom is -0.477 e. The number of pyridine rings is 1. The molecule has 0 bridgehead atoms. The highest BCUT2D eigenvalue weighted by molar-refractivity contribution is 7.86. The van der Waals surface area contributed by atoms with Crippen LogP contribution in [0.1, 0.15) is 16.1 Å². The van der Waals surface area contributed by atoms with Crippen LogP contribution in [0.25, 0.3) is 0 Å². The van der Waals surface area contributed by atoms with Crippen LogP contribution in [0.2, 0.25) is 0 Å². The molecule has 0 atom stereocenters. The van der Waals surface area contributed by atoms with E-state index in [1.54, 1.807) is 20.9 Å². The van der Waals surface area contributed by atoms with Gasteiger partial charge in [0.25, 0.3) is 10.2 Å². The summed E-state index contributed by atoms with van der Waals surface area (Å²) in [6, 6.07) is 3.25. The number of nitrogens with zero attached hydrogens (tertiary/aromatic N) is 5. The maximum atomic E-state index is 12.8. The number of piperazine rings is 2. The molecule has 1 aromatic rings. The van der Waals surface area contributed by atoms with Crippen molar-refractivity contribution in [3.8, 4) is 0 Å². The van der Waals surface area contributed by atoms with Crippen LogP contribution in [0, 0.1) is 0 Å². The van der Waals surface area contributed by atoms with Gasteiger partial charge in [-0.25, -0.2) is 9.78 Å². The van der Waals surface area contributed by atoms with Crippen LogP contribution in [0.15, 0.2) is 18.3 Å². The summed E-state index contributed by atoms with van der Waals surface area (Å²) in [6.07, 6.45) is 1.57. The van der Waals surface area contributed by atoms with E-state index < -0.39 is 16.2 Å². The topological polar surface area (TPSA) is 97.3 Å². The zero-order valence-corrected chi connectivity index (χ0v) is 15.7. The van der Waals surface area contributed by atoms with Crippen LogP contribution < -0.4 is 0 Å².